The molecule has 5 aliphatic rings. The van der Waals surface area contributed by atoms with Crippen molar-refractivity contribution >= 4 is 40.9 Å². The Morgan fingerprint density at radius 3 is 2.72 bits per heavy atom. The first-order valence-electron chi connectivity index (χ1n) is 18.5. The molecular weight excluding hydrogens is 691 g/mol. The highest BCUT2D eigenvalue weighted by molar-refractivity contribution is 6.06. The topological polar surface area (TPSA) is 178 Å². The number of amides is 3. The Bertz CT molecular complexity index is 2030. The Balaban J connectivity index is 0.773. The highest BCUT2D eigenvalue weighted by atomic mass is 19.1. The molecule has 1 aromatic heterocycles. The number of aliphatic hydroxyl groups is 1. The average Bonchev–Trinajstić information content (AvgIpc) is 3.89. The molecule has 3 aromatic rings. The summed E-state index contributed by atoms with van der Waals surface area (Å²) in [4.78, 5) is 52.1. The van der Waals surface area contributed by atoms with E-state index in [1.54, 1.807) is 30.3 Å². The third-order valence-corrected chi connectivity index (χ3v) is 10.8. The Morgan fingerprint density at radius 1 is 1.04 bits per heavy atom. The molecule has 6 heterocycles. The first kappa shape index (κ1) is 35.4. The van der Waals surface area contributed by atoms with E-state index in [1.807, 2.05) is 41.3 Å². The summed E-state index contributed by atoms with van der Waals surface area (Å²) in [6.07, 6.45) is 4.49. The number of piperidine rings is 1. The number of nitrogens with zero attached hydrogens (tertiary/aromatic N) is 5. The zero-order valence-corrected chi connectivity index (χ0v) is 29.7. The summed E-state index contributed by atoms with van der Waals surface area (Å²) in [6, 6.07) is 17.2. The number of carbonyl (C=O) groups excluding carboxylic acids is 3. The summed E-state index contributed by atoms with van der Waals surface area (Å²) in [5.74, 6) is 0.366. The minimum absolute atomic E-state index is 0.00735. The van der Waals surface area contributed by atoms with E-state index in [4.69, 9.17) is 10.4 Å². The molecule has 0 bridgehead atoms. The predicted molar refractivity (Wildman–Crippen MR) is 201 cm³/mol. The van der Waals surface area contributed by atoms with E-state index in [0.717, 1.165) is 60.1 Å². The Labute approximate surface area is 312 Å². The van der Waals surface area contributed by atoms with Crippen molar-refractivity contribution in [2.45, 2.75) is 56.1 Å². The molecule has 5 aliphatic heterocycles. The van der Waals surface area contributed by atoms with Gasteiger partial charge < -0.3 is 30.9 Å². The Hall–Kier alpha value is -5.67. The van der Waals surface area contributed by atoms with Crippen LogP contribution in [0.15, 0.2) is 77.8 Å². The maximum atomic E-state index is 13.8. The molecule has 3 saturated heterocycles. The monoisotopic (exact) mass is 734 g/mol. The van der Waals surface area contributed by atoms with E-state index in [9.17, 15) is 23.9 Å². The van der Waals surface area contributed by atoms with Crippen LogP contribution in [0.25, 0.3) is 0 Å². The van der Waals surface area contributed by atoms with Gasteiger partial charge in [0.15, 0.2) is 6.23 Å². The zero-order chi connectivity index (χ0) is 37.3. The highest BCUT2D eigenvalue weighted by Gasteiger charge is 2.44. The number of aliphatic hydroxyl groups excluding tert-OH is 1. The first-order chi connectivity index (χ1) is 26.2. The molecule has 8 rings (SSSR count). The molecule has 14 nitrogen and oxygen atoms in total. The number of hydrogen-bond acceptors (Lipinski definition) is 11. The summed E-state index contributed by atoms with van der Waals surface area (Å²) < 4.78 is 13.8. The first-order valence-corrected chi connectivity index (χ1v) is 18.5. The van der Waals surface area contributed by atoms with E-state index in [1.165, 1.54) is 6.07 Å². The lowest BCUT2D eigenvalue weighted by Crippen LogP contribution is -2.59. The fourth-order valence-electron chi connectivity index (χ4n) is 7.92. The van der Waals surface area contributed by atoms with Gasteiger partial charge in [0, 0.05) is 62.0 Å². The number of halogens is 1. The van der Waals surface area contributed by atoms with E-state index in [-0.39, 0.29) is 36.6 Å². The van der Waals surface area contributed by atoms with Crippen molar-refractivity contribution < 1.29 is 23.9 Å². The second-order valence-electron chi connectivity index (χ2n) is 14.3. The molecule has 3 fully saturated rings. The number of aliphatic imine (C=N–C) groups is 1. The van der Waals surface area contributed by atoms with Gasteiger partial charge >= 0.3 is 0 Å². The smallest absolute Gasteiger partial charge is 0.257 e. The van der Waals surface area contributed by atoms with E-state index >= 15 is 0 Å². The molecule has 0 spiro atoms. The van der Waals surface area contributed by atoms with E-state index in [2.05, 4.69) is 31.2 Å². The standard InChI is InChI=1S/C39H43FN10O4/c40-24-5-1-4-23(18-24)31-7-3-17-49(31)33(41)12-13-34-44-20-30(45-34)29-6-2-8-35(46-29)48-21-26(22-48)43-16-15-42-25-9-10-27-28(19-25)39(54)50(38(27)53)32-11-14-36(51)47-37(32)52/h1-2,4-6,8-10,12-13,18-19,26,30-32,38,41-43,53H,3,7,11,14-17,20-22H2,(H,44,45)(H,47,51,52)/b13-12-,41-33?. The maximum absolute atomic E-state index is 13.8. The van der Waals surface area contributed by atoms with Crippen LogP contribution in [0.3, 0.4) is 0 Å². The number of aromatic nitrogens is 1. The second-order valence-corrected chi connectivity index (χ2v) is 14.3. The van der Waals surface area contributed by atoms with E-state index < -0.39 is 24.1 Å². The summed E-state index contributed by atoms with van der Waals surface area (Å²) in [6.45, 7) is 4.25. The van der Waals surface area contributed by atoms with Crippen LogP contribution < -0.4 is 26.2 Å². The minimum atomic E-state index is -1.24. The maximum Gasteiger partial charge on any atom is 0.257 e. The van der Waals surface area contributed by atoms with Crippen LogP contribution >= 0.6 is 0 Å². The molecule has 3 amide bonds. The molecule has 54 heavy (non-hydrogen) atoms. The number of benzene rings is 2. The normalized spacial score (nSPS) is 24.1. The van der Waals surface area contributed by atoms with Gasteiger partial charge in [-0.25, -0.2) is 9.37 Å². The van der Waals surface area contributed by atoms with Gasteiger partial charge in [0.2, 0.25) is 11.8 Å². The molecule has 15 heteroatoms. The van der Waals surface area contributed by atoms with Crippen molar-refractivity contribution in [3.63, 3.8) is 0 Å². The lowest BCUT2D eigenvalue weighted by molar-refractivity contribution is -0.139. The number of fused-ring (bicyclic) bond motifs is 1. The lowest BCUT2D eigenvalue weighted by Gasteiger charge is -2.41. The summed E-state index contributed by atoms with van der Waals surface area (Å²) in [7, 11) is 0. The molecule has 0 saturated carbocycles. The minimum Gasteiger partial charge on any atom is -0.384 e. The van der Waals surface area contributed by atoms with Crippen LogP contribution in [0.5, 0.6) is 0 Å². The van der Waals surface area contributed by atoms with Gasteiger partial charge in [-0.3, -0.25) is 35.0 Å². The van der Waals surface area contributed by atoms with Crippen LogP contribution in [0.4, 0.5) is 15.9 Å². The molecular formula is C39H43FN10O4. The number of likely N-dealkylation sites (tertiary alicyclic amines) is 1. The number of nitrogens with one attached hydrogen (secondary N) is 5. The van der Waals surface area contributed by atoms with Crippen molar-refractivity contribution in [3.05, 3.63) is 101 Å². The SMILES string of the molecule is N=C(/C=C\C1=NCC(c2cccc(N3CC(NCCNc4ccc5c(c4)C(=O)N(C4CCC(=O)NC4=O)C5O)C3)n2)N1)N1CCCC1c1cccc(F)c1. The van der Waals surface area contributed by atoms with Crippen molar-refractivity contribution in [1.29, 1.82) is 5.41 Å². The van der Waals surface area contributed by atoms with Crippen molar-refractivity contribution in [1.82, 2.24) is 30.7 Å². The molecule has 2 aromatic carbocycles. The van der Waals surface area contributed by atoms with Crippen LogP contribution in [0, 0.1) is 11.2 Å². The number of rotatable bonds is 11. The number of anilines is 2. The van der Waals surface area contributed by atoms with Crippen LogP contribution in [-0.4, -0.2) is 101 Å². The molecule has 280 valence electrons. The number of carbonyl (C=O) groups is 3. The van der Waals surface area contributed by atoms with Crippen LogP contribution in [-0.2, 0) is 9.59 Å². The summed E-state index contributed by atoms with van der Waals surface area (Å²) >= 11 is 0. The Kier molecular flexibility index (Phi) is 9.82. The van der Waals surface area contributed by atoms with Gasteiger partial charge in [0.1, 0.15) is 29.3 Å². The molecule has 4 unspecified atom stereocenters. The molecule has 0 radical (unpaired) electrons. The summed E-state index contributed by atoms with van der Waals surface area (Å²) in [5.41, 5.74) is 3.32. The number of pyridine rings is 1. The van der Waals surface area contributed by atoms with Gasteiger partial charge in [-0.15, -0.1) is 0 Å². The second kappa shape index (κ2) is 15.0. The van der Waals surface area contributed by atoms with Crippen molar-refractivity contribution in [3.8, 4) is 0 Å². The van der Waals surface area contributed by atoms with Crippen molar-refractivity contribution in [2.75, 3.05) is 49.5 Å². The average molecular weight is 735 g/mol. The van der Waals surface area contributed by atoms with Crippen LogP contribution in [0.2, 0.25) is 0 Å². The zero-order valence-electron chi connectivity index (χ0n) is 29.7. The molecule has 4 atom stereocenters. The third kappa shape index (κ3) is 7.16. The number of amidine groups is 2. The van der Waals surface area contributed by atoms with Crippen LogP contribution in [0.1, 0.15) is 71.2 Å². The molecule has 0 aliphatic carbocycles. The summed E-state index contributed by atoms with van der Waals surface area (Å²) in [5, 5.41) is 32.1. The fraction of sp³-hybridized carbons (Fsp3) is 0.385. The predicted octanol–water partition coefficient (Wildman–Crippen LogP) is 2.78. The Morgan fingerprint density at radius 2 is 1.89 bits per heavy atom. The van der Waals surface area contributed by atoms with Gasteiger partial charge in [-0.2, -0.15) is 0 Å². The van der Waals surface area contributed by atoms with Gasteiger partial charge in [-0.05, 0) is 73.4 Å². The number of imide groups is 1. The lowest BCUT2D eigenvalue weighted by atomic mass is 10.0. The van der Waals surface area contributed by atoms with Gasteiger partial charge in [-0.1, -0.05) is 24.3 Å². The largest absolute Gasteiger partial charge is 0.384 e. The van der Waals surface area contributed by atoms with Gasteiger partial charge in [0.05, 0.1) is 24.3 Å². The number of hydrogen-bond donors (Lipinski definition) is 6. The quantitative estimate of drug-likeness (QED) is 0.0743. The third-order valence-electron chi connectivity index (χ3n) is 10.8. The highest BCUT2D eigenvalue weighted by Crippen LogP contribution is 2.37. The van der Waals surface area contributed by atoms with E-state index in [0.29, 0.717) is 48.5 Å². The fourth-order valence-corrected chi connectivity index (χ4v) is 7.92. The van der Waals surface area contributed by atoms with Crippen molar-refractivity contribution in [2.24, 2.45) is 4.99 Å². The van der Waals surface area contributed by atoms with Gasteiger partial charge in [0.25, 0.3) is 5.91 Å². The molecule has 6 N–H and O–H groups in total.